The van der Waals surface area contributed by atoms with Crippen molar-refractivity contribution in [3.05, 3.63) is 47.0 Å². The van der Waals surface area contributed by atoms with Crippen LogP contribution in [0.4, 0.5) is 18.9 Å². The number of nitrogens with zero attached hydrogens (tertiary/aromatic N) is 1. The second-order valence-electron chi connectivity index (χ2n) is 5.22. The Morgan fingerprint density at radius 1 is 1.00 bits per heavy atom. The Labute approximate surface area is 148 Å². The van der Waals surface area contributed by atoms with Crippen LogP contribution in [0.3, 0.4) is 0 Å². The van der Waals surface area contributed by atoms with Crippen LogP contribution in [0.1, 0.15) is 16.7 Å². The summed E-state index contributed by atoms with van der Waals surface area (Å²) >= 11 is 0. The third-order valence-corrected chi connectivity index (χ3v) is 3.72. The lowest BCUT2D eigenvalue weighted by Gasteiger charge is -2.17. The largest absolute Gasteiger partial charge is 0.493 e. The third-order valence-electron chi connectivity index (χ3n) is 3.72. The summed E-state index contributed by atoms with van der Waals surface area (Å²) in [4.78, 5) is 0. The van der Waals surface area contributed by atoms with Gasteiger partial charge in [0.05, 0.1) is 38.1 Å². The van der Waals surface area contributed by atoms with Crippen LogP contribution in [0.15, 0.2) is 30.3 Å². The summed E-state index contributed by atoms with van der Waals surface area (Å²) in [5, 5.41) is 12.1. The van der Waals surface area contributed by atoms with E-state index in [0.717, 1.165) is 12.1 Å². The summed E-state index contributed by atoms with van der Waals surface area (Å²) in [6.07, 6.45) is -4.50. The van der Waals surface area contributed by atoms with E-state index in [0.29, 0.717) is 22.8 Å². The fourth-order valence-corrected chi connectivity index (χ4v) is 2.46. The van der Waals surface area contributed by atoms with Gasteiger partial charge in [0.25, 0.3) is 0 Å². The first-order valence-corrected chi connectivity index (χ1v) is 7.48. The highest BCUT2D eigenvalue weighted by Crippen LogP contribution is 2.40. The minimum Gasteiger partial charge on any atom is -0.493 e. The number of nitrogens with one attached hydrogen (secondary N) is 1. The summed E-state index contributed by atoms with van der Waals surface area (Å²) in [7, 11) is 4.44. The molecule has 2 aromatic rings. The van der Waals surface area contributed by atoms with E-state index in [9.17, 15) is 13.2 Å². The highest BCUT2D eigenvalue weighted by Gasteiger charge is 2.31. The van der Waals surface area contributed by atoms with Gasteiger partial charge in [-0.15, -0.1) is 0 Å². The first-order valence-electron chi connectivity index (χ1n) is 7.48. The quantitative estimate of drug-likeness (QED) is 0.830. The van der Waals surface area contributed by atoms with E-state index in [-0.39, 0.29) is 17.8 Å². The van der Waals surface area contributed by atoms with Gasteiger partial charge in [-0.05, 0) is 30.3 Å². The van der Waals surface area contributed by atoms with E-state index >= 15 is 0 Å². The average Bonchev–Trinajstić information content (AvgIpc) is 2.64. The molecular formula is C18H17F3N2O3. The van der Waals surface area contributed by atoms with Crippen molar-refractivity contribution in [3.63, 3.8) is 0 Å². The number of nitriles is 1. The topological polar surface area (TPSA) is 63.5 Å². The third kappa shape index (κ3) is 3.94. The first-order chi connectivity index (χ1) is 12.3. The molecule has 0 bridgehead atoms. The molecule has 0 aliphatic carbocycles. The molecule has 0 radical (unpaired) electrons. The fourth-order valence-electron chi connectivity index (χ4n) is 2.46. The Morgan fingerprint density at radius 3 is 2.23 bits per heavy atom. The van der Waals surface area contributed by atoms with E-state index in [2.05, 4.69) is 5.32 Å². The molecule has 0 aliphatic heterocycles. The van der Waals surface area contributed by atoms with Crippen LogP contribution < -0.4 is 19.5 Å². The molecule has 0 atom stereocenters. The van der Waals surface area contributed by atoms with Gasteiger partial charge < -0.3 is 19.5 Å². The normalized spacial score (nSPS) is 10.8. The Kier molecular flexibility index (Phi) is 5.82. The van der Waals surface area contributed by atoms with Crippen molar-refractivity contribution in [2.75, 3.05) is 26.6 Å². The van der Waals surface area contributed by atoms with Crippen LogP contribution in [0, 0.1) is 11.3 Å². The monoisotopic (exact) mass is 366 g/mol. The lowest BCUT2D eigenvalue weighted by molar-refractivity contribution is -0.137. The first kappa shape index (κ1) is 19.2. The molecule has 0 spiro atoms. The van der Waals surface area contributed by atoms with Crippen LogP contribution in [-0.2, 0) is 12.7 Å². The molecule has 0 saturated carbocycles. The molecule has 138 valence electrons. The van der Waals surface area contributed by atoms with E-state index in [1.165, 1.54) is 27.4 Å². The zero-order chi connectivity index (χ0) is 19.3. The molecule has 0 unspecified atom stereocenters. The standard InChI is InChI=1S/C18H17F3N2O3/c1-24-15-7-4-11(16(25-2)17(15)26-3)10-23-14-6-5-13(18(19,20)21)8-12(14)9-22/h4-8,23H,10H2,1-3H3. The van der Waals surface area contributed by atoms with Gasteiger partial charge in [-0.2, -0.15) is 18.4 Å². The van der Waals surface area contributed by atoms with E-state index in [4.69, 9.17) is 19.5 Å². The molecule has 0 fully saturated rings. The number of methoxy groups -OCH3 is 3. The number of rotatable bonds is 6. The zero-order valence-corrected chi connectivity index (χ0v) is 14.4. The van der Waals surface area contributed by atoms with E-state index in [1.807, 2.05) is 0 Å². The summed E-state index contributed by atoms with van der Waals surface area (Å²) in [6.45, 7) is 0.212. The predicted octanol–water partition coefficient (Wildman–Crippen LogP) is 4.21. The summed E-state index contributed by atoms with van der Waals surface area (Å²) < 4.78 is 54.2. The number of benzene rings is 2. The number of hydrogen-bond donors (Lipinski definition) is 1. The molecule has 2 aromatic carbocycles. The number of halogens is 3. The number of alkyl halides is 3. The van der Waals surface area contributed by atoms with E-state index in [1.54, 1.807) is 18.2 Å². The molecule has 0 saturated heterocycles. The van der Waals surface area contributed by atoms with Gasteiger partial charge >= 0.3 is 6.18 Å². The predicted molar refractivity (Wildman–Crippen MR) is 89.6 cm³/mol. The van der Waals surface area contributed by atoms with Gasteiger partial charge in [0.1, 0.15) is 6.07 Å². The maximum Gasteiger partial charge on any atom is 0.416 e. The van der Waals surface area contributed by atoms with Gasteiger partial charge in [-0.3, -0.25) is 0 Å². The second kappa shape index (κ2) is 7.87. The van der Waals surface area contributed by atoms with Crippen LogP contribution in [0.5, 0.6) is 17.2 Å². The molecule has 0 amide bonds. The molecular weight excluding hydrogens is 349 g/mol. The van der Waals surface area contributed by atoms with Crippen LogP contribution in [0.25, 0.3) is 0 Å². The number of anilines is 1. The average molecular weight is 366 g/mol. The molecule has 2 rings (SSSR count). The van der Waals surface area contributed by atoms with Gasteiger partial charge in [-0.1, -0.05) is 0 Å². The zero-order valence-electron chi connectivity index (χ0n) is 14.4. The van der Waals surface area contributed by atoms with Crippen LogP contribution in [-0.4, -0.2) is 21.3 Å². The summed E-state index contributed by atoms with van der Waals surface area (Å²) in [5.41, 5.74) is 0.00819. The van der Waals surface area contributed by atoms with Gasteiger partial charge in [-0.25, -0.2) is 0 Å². The lowest BCUT2D eigenvalue weighted by Crippen LogP contribution is -2.08. The lowest BCUT2D eigenvalue weighted by atomic mass is 10.1. The summed E-state index contributed by atoms with van der Waals surface area (Å²) in [6, 6.07) is 8.18. The highest BCUT2D eigenvalue weighted by molar-refractivity contribution is 5.61. The van der Waals surface area contributed by atoms with Crippen molar-refractivity contribution in [1.29, 1.82) is 5.26 Å². The molecule has 5 nitrogen and oxygen atoms in total. The Balaban J connectivity index is 2.31. The minimum absolute atomic E-state index is 0.0979. The van der Waals surface area contributed by atoms with E-state index < -0.39 is 11.7 Å². The Morgan fingerprint density at radius 2 is 1.69 bits per heavy atom. The van der Waals surface area contributed by atoms with Crippen molar-refractivity contribution in [2.45, 2.75) is 12.7 Å². The van der Waals surface area contributed by atoms with Crippen molar-refractivity contribution < 1.29 is 27.4 Å². The smallest absolute Gasteiger partial charge is 0.416 e. The highest BCUT2D eigenvalue weighted by atomic mass is 19.4. The molecule has 0 aromatic heterocycles. The van der Waals surface area contributed by atoms with Crippen LogP contribution >= 0.6 is 0 Å². The van der Waals surface area contributed by atoms with Crippen molar-refractivity contribution in [1.82, 2.24) is 0 Å². The molecule has 8 heteroatoms. The maximum absolute atomic E-state index is 12.8. The summed E-state index contributed by atoms with van der Waals surface area (Å²) in [5.74, 6) is 1.33. The molecule has 1 N–H and O–H groups in total. The Hall–Kier alpha value is -3.08. The Bertz CT molecular complexity index is 830. The van der Waals surface area contributed by atoms with Gasteiger partial charge in [0.15, 0.2) is 11.5 Å². The number of hydrogen-bond acceptors (Lipinski definition) is 5. The molecule has 26 heavy (non-hydrogen) atoms. The van der Waals surface area contributed by atoms with Gasteiger partial charge in [0.2, 0.25) is 5.75 Å². The molecule has 0 heterocycles. The maximum atomic E-state index is 12.8. The minimum atomic E-state index is -4.50. The van der Waals surface area contributed by atoms with Crippen molar-refractivity contribution >= 4 is 5.69 Å². The van der Waals surface area contributed by atoms with Crippen LogP contribution in [0.2, 0.25) is 0 Å². The van der Waals surface area contributed by atoms with Crippen molar-refractivity contribution in [3.8, 4) is 23.3 Å². The fraction of sp³-hybridized carbons (Fsp3) is 0.278. The number of ether oxygens (including phenoxy) is 3. The SMILES string of the molecule is COc1ccc(CNc2ccc(C(F)(F)F)cc2C#N)c(OC)c1OC. The van der Waals surface area contributed by atoms with Crippen molar-refractivity contribution in [2.24, 2.45) is 0 Å². The van der Waals surface area contributed by atoms with Gasteiger partial charge in [0, 0.05) is 12.1 Å². The molecule has 0 aliphatic rings. The second-order valence-corrected chi connectivity index (χ2v) is 5.22.